The highest BCUT2D eigenvalue weighted by molar-refractivity contribution is 5.58. The Hall–Kier alpha value is -1.96. The van der Waals surface area contributed by atoms with Crippen LogP contribution in [0.4, 0.5) is 17.5 Å². The molecule has 0 aromatic carbocycles. The van der Waals surface area contributed by atoms with Gasteiger partial charge in [-0.1, -0.05) is 6.92 Å². The maximum absolute atomic E-state index is 11.1. The summed E-state index contributed by atoms with van der Waals surface area (Å²) >= 11 is 0. The third kappa shape index (κ3) is 4.01. The molecular weight excluding hydrogens is 274 g/mol. The molecule has 2 heterocycles. The van der Waals surface area contributed by atoms with Crippen LogP contribution in [-0.2, 0) is 4.74 Å². The lowest BCUT2D eigenvalue weighted by Crippen LogP contribution is -2.30. The number of likely N-dealkylation sites (N-methyl/N-ethyl adjacent to an activating group) is 1. The minimum absolute atomic E-state index is 0.0856. The normalized spacial score (nSPS) is 17.7. The van der Waals surface area contributed by atoms with Crippen LogP contribution in [0.3, 0.4) is 0 Å². The van der Waals surface area contributed by atoms with Crippen LogP contribution < -0.4 is 10.2 Å². The first-order valence-corrected chi connectivity index (χ1v) is 7.20. The standard InChI is InChI=1S/C13H21N5O3/c1-3-6-14-13-15-8-11(18(19)20)12(16-13)17(2)9-10-5-4-7-21-10/h8,10H,3-7,9H2,1-2H3,(H,14,15,16). The van der Waals surface area contributed by atoms with Crippen molar-refractivity contribution in [2.24, 2.45) is 0 Å². The van der Waals surface area contributed by atoms with Gasteiger partial charge in [-0.15, -0.1) is 0 Å². The highest BCUT2D eigenvalue weighted by Gasteiger charge is 2.24. The van der Waals surface area contributed by atoms with E-state index in [9.17, 15) is 10.1 Å². The number of nitrogens with zero attached hydrogens (tertiary/aromatic N) is 4. The molecule has 1 atom stereocenters. The number of hydrogen-bond acceptors (Lipinski definition) is 7. The van der Waals surface area contributed by atoms with Gasteiger partial charge in [-0.2, -0.15) is 4.98 Å². The van der Waals surface area contributed by atoms with Crippen molar-refractivity contribution in [1.82, 2.24) is 9.97 Å². The van der Waals surface area contributed by atoms with Crippen LogP contribution in [0.5, 0.6) is 0 Å². The molecule has 1 aromatic rings. The van der Waals surface area contributed by atoms with Crippen LogP contribution in [0.2, 0.25) is 0 Å². The largest absolute Gasteiger partial charge is 0.376 e. The number of aromatic nitrogens is 2. The minimum Gasteiger partial charge on any atom is -0.376 e. The van der Waals surface area contributed by atoms with Gasteiger partial charge in [0.1, 0.15) is 6.20 Å². The summed E-state index contributed by atoms with van der Waals surface area (Å²) in [4.78, 5) is 20.7. The van der Waals surface area contributed by atoms with E-state index in [1.807, 2.05) is 6.92 Å². The fourth-order valence-corrected chi connectivity index (χ4v) is 2.28. The molecule has 8 heteroatoms. The van der Waals surface area contributed by atoms with Crippen molar-refractivity contribution in [2.75, 3.05) is 37.0 Å². The number of ether oxygens (including phenoxy) is 1. The maximum Gasteiger partial charge on any atom is 0.329 e. The summed E-state index contributed by atoms with van der Waals surface area (Å²) in [6.45, 7) is 4.11. The van der Waals surface area contributed by atoms with Crippen molar-refractivity contribution in [2.45, 2.75) is 32.3 Å². The van der Waals surface area contributed by atoms with E-state index in [0.29, 0.717) is 18.3 Å². The van der Waals surface area contributed by atoms with E-state index in [-0.39, 0.29) is 11.8 Å². The lowest BCUT2D eigenvalue weighted by molar-refractivity contribution is -0.384. The Morgan fingerprint density at radius 3 is 3.05 bits per heavy atom. The molecule has 116 valence electrons. The van der Waals surface area contributed by atoms with Gasteiger partial charge in [0, 0.05) is 26.7 Å². The third-order valence-corrected chi connectivity index (χ3v) is 3.34. The molecule has 1 aliphatic heterocycles. The summed E-state index contributed by atoms with van der Waals surface area (Å²) in [5.41, 5.74) is -0.0856. The molecular formula is C13H21N5O3. The van der Waals surface area contributed by atoms with Gasteiger partial charge < -0.3 is 15.0 Å². The summed E-state index contributed by atoms with van der Waals surface area (Å²) in [7, 11) is 1.79. The van der Waals surface area contributed by atoms with Gasteiger partial charge in [-0.05, 0) is 19.3 Å². The zero-order chi connectivity index (χ0) is 15.2. The maximum atomic E-state index is 11.1. The molecule has 1 N–H and O–H groups in total. The summed E-state index contributed by atoms with van der Waals surface area (Å²) in [5.74, 6) is 0.737. The zero-order valence-electron chi connectivity index (χ0n) is 12.4. The van der Waals surface area contributed by atoms with E-state index in [1.54, 1.807) is 11.9 Å². The topological polar surface area (TPSA) is 93.4 Å². The molecule has 21 heavy (non-hydrogen) atoms. The Balaban J connectivity index is 2.17. The fourth-order valence-electron chi connectivity index (χ4n) is 2.28. The molecule has 2 rings (SSSR count). The molecule has 8 nitrogen and oxygen atoms in total. The Morgan fingerprint density at radius 1 is 1.62 bits per heavy atom. The number of nitrogens with one attached hydrogen (secondary N) is 1. The predicted molar refractivity (Wildman–Crippen MR) is 79.7 cm³/mol. The second-order valence-electron chi connectivity index (χ2n) is 5.10. The molecule has 0 spiro atoms. The van der Waals surface area contributed by atoms with E-state index >= 15 is 0 Å². The van der Waals surface area contributed by atoms with E-state index in [1.165, 1.54) is 6.20 Å². The molecule has 1 aromatic heterocycles. The summed E-state index contributed by atoms with van der Waals surface area (Å²) in [5, 5.41) is 14.2. The third-order valence-electron chi connectivity index (χ3n) is 3.34. The number of nitro groups is 1. The second kappa shape index (κ2) is 7.16. The van der Waals surface area contributed by atoms with Crippen molar-refractivity contribution in [3.63, 3.8) is 0 Å². The minimum atomic E-state index is -0.453. The Kier molecular flexibility index (Phi) is 5.26. The van der Waals surface area contributed by atoms with Gasteiger partial charge in [0.05, 0.1) is 11.0 Å². The molecule has 1 saturated heterocycles. The highest BCUT2D eigenvalue weighted by atomic mass is 16.6. The van der Waals surface area contributed by atoms with Crippen molar-refractivity contribution >= 4 is 17.5 Å². The van der Waals surface area contributed by atoms with Gasteiger partial charge in [0.15, 0.2) is 0 Å². The summed E-state index contributed by atoms with van der Waals surface area (Å²) in [6, 6.07) is 0. The monoisotopic (exact) mass is 295 g/mol. The van der Waals surface area contributed by atoms with E-state index in [4.69, 9.17) is 4.74 Å². The second-order valence-corrected chi connectivity index (χ2v) is 5.10. The summed E-state index contributed by atoms with van der Waals surface area (Å²) < 4.78 is 5.57. The van der Waals surface area contributed by atoms with Gasteiger partial charge >= 0.3 is 5.69 Å². The molecule has 0 saturated carbocycles. The van der Waals surface area contributed by atoms with Crippen molar-refractivity contribution < 1.29 is 9.66 Å². The quantitative estimate of drug-likeness (QED) is 0.605. The first-order valence-electron chi connectivity index (χ1n) is 7.20. The van der Waals surface area contributed by atoms with E-state index in [0.717, 1.165) is 32.4 Å². The molecule has 1 unspecified atom stereocenters. The first kappa shape index (κ1) is 15.4. The van der Waals surface area contributed by atoms with Crippen molar-refractivity contribution in [1.29, 1.82) is 0 Å². The molecule has 0 bridgehead atoms. The lowest BCUT2D eigenvalue weighted by Gasteiger charge is -2.21. The average molecular weight is 295 g/mol. The molecule has 0 radical (unpaired) electrons. The van der Waals surface area contributed by atoms with Crippen molar-refractivity contribution in [3.8, 4) is 0 Å². The molecule has 0 amide bonds. The average Bonchev–Trinajstić information content (AvgIpc) is 2.97. The van der Waals surface area contributed by atoms with Crippen LogP contribution in [0.25, 0.3) is 0 Å². The molecule has 1 aliphatic rings. The van der Waals surface area contributed by atoms with Crippen LogP contribution >= 0.6 is 0 Å². The molecule has 0 aliphatic carbocycles. The Bertz CT molecular complexity index is 491. The number of rotatable bonds is 7. The lowest BCUT2D eigenvalue weighted by atomic mass is 10.2. The molecule has 1 fully saturated rings. The van der Waals surface area contributed by atoms with Crippen LogP contribution in [0, 0.1) is 10.1 Å². The first-order chi connectivity index (χ1) is 10.1. The smallest absolute Gasteiger partial charge is 0.329 e. The number of hydrogen-bond donors (Lipinski definition) is 1. The van der Waals surface area contributed by atoms with Crippen molar-refractivity contribution in [3.05, 3.63) is 16.3 Å². The van der Waals surface area contributed by atoms with Gasteiger partial charge in [-0.3, -0.25) is 10.1 Å². The van der Waals surface area contributed by atoms with Crippen LogP contribution in [0.1, 0.15) is 26.2 Å². The van der Waals surface area contributed by atoms with E-state index in [2.05, 4.69) is 15.3 Å². The van der Waals surface area contributed by atoms with Gasteiger partial charge in [0.2, 0.25) is 11.8 Å². The SMILES string of the molecule is CCCNc1ncc([N+](=O)[O-])c(N(C)CC2CCCO2)n1. The van der Waals surface area contributed by atoms with Gasteiger partial charge in [0.25, 0.3) is 0 Å². The number of anilines is 2. The van der Waals surface area contributed by atoms with Crippen LogP contribution in [-0.4, -0.2) is 47.7 Å². The highest BCUT2D eigenvalue weighted by Crippen LogP contribution is 2.26. The van der Waals surface area contributed by atoms with Gasteiger partial charge in [-0.25, -0.2) is 4.98 Å². The summed E-state index contributed by atoms with van der Waals surface area (Å²) in [6.07, 6.45) is 4.31. The fraction of sp³-hybridized carbons (Fsp3) is 0.692. The van der Waals surface area contributed by atoms with E-state index < -0.39 is 4.92 Å². The zero-order valence-corrected chi connectivity index (χ0v) is 12.4. The Labute approximate surface area is 123 Å². The van der Waals surface area contributed by atoms with Crippen LogP contribution in [0.15, 0.2) is 6.20 Å². The predicted octanol–water partition coefficient (Wildman–Crippen LogP) is 1.82. The Morgan fingerprint density at radius 2 is 2.43 bits per heavy atom.